The fourth-order valence-electron chi connectivity index (χ4n) is 3.29. The van der Waals surface area contributed by atoms with Crippen LogP contribution >= 0.6 is 0 Å². The minimum absolute atomic E-state index is 0.366. The number of hydrogen-bond acceptors (Lipinski definition) is 4. The van der Waals surface area contributed by atoms with Gasteiger partial charge in [0.05, 0.1) is 19.9 Å². The minimum Gasteiger partial charge on any atom is -0.497 e. The molecule has 5 heteroatoms. The van der Waals surface area contributed by atoms with Gasteiger partial charge in [0.2, 0.25) is 5.89 Å². The van der Waals surface area contributed by atoms with E-state index >= 15 is 0 Å². The molecule has 1 aliphatic rings. The van der Waals surface area contributed by atoms with Crippen LogP contribution in [0.25, 0.3) is 11.3 Å². The first-order chi connectivity index (χ1) is 11.7. The monoisotopic (exact) mass is 323 g/mol. The number of fused-ring (bicyclic) bond motifs is 1. The largest absolute Gasteiger partial charge is 0.497 e. The van der Waals surface area contributed by atoms with Crippen LogP contribution in [0.5, 0.6) is 5.75 Å². The Kier molecular flexibility index (Phi) is 3.86. The van der Waals surface area contributed by atoms with Gasteiger partial charge in [-0.3, -0.25) is 4.90 Å². The quantitative estimate of drug-likeness (QED) is 0.734. The van der Waals surface area contributed by atoms with Gasteiger partial charge in [0.15, 0.2) is 5.76 Å². The van der Waals surface area contributed by atoms with Crippen molar-refractivity contribution in [2.45, 2.75) is 26.1 Å². The molecule has 0 bridgehead atoms. The molecule has 0 saturated heterocycles. The summed E-state index contributed by atoms with van der Waals surface area (Å²) in [6.07, 6.45) is 3.95. The first-order valence-electron chi connectivity index (χ1n) is 8.23. The second kappa shape index (κ2) is 6.17. The van der Waals surface area contributed by atoms with Gasteiger partial charge >= 0.3 is 0 Å². The third-order valence-electron chi connectivity index (χ3n) is 4.73. The van der Waals surface area contributed by atoms with E-state index < -0.39 is 0 Å². The van der Waals surface area contributed by atoms with E-state index in [1.165, 1.54) is 5.69 Å². The summed E-state index contributed by atoms with van der Waals surface area (Å²) in [5.74, 6) is 2.39. The number of oxazole rings is 1. The molecule has 0 aliphatic carbocycles. The van der Waals surface area contributed by atoms with Crippen LogP contribution < -0.4 is 4.74 Å². The minimum atomic E-state index is 0.366. The van der Waals surface area contributed by atoms with E-state index in [-0.39, 0.29) is 0 Å². The van der Waals surface area contributed by atoms with Crippen molar-refractivity contribution in [3.63, 3.8) is 0 Å². The first-order valence-corrected chi connectivity index (χ1v) is 8.23. The number of nitrogens with zero attached hydrogens (tertiary/aromatic N) is 3. The Morgan fingerprint density at radius 1 is 1.21 bits per heavy atom. The topological polar surface area (TPSA) is 43.4 Å². The zero-order valence-electron chi connectivity index (χ0n) is 14.0. The Morgan fingerprint density at radius 2 is 2.04 bits per heavy atom. The van der Waals surface area contributed by atoms with Gasteiger partial charge in [-0.1, -0.05) is 0 Å². The molecule has 1 unspecified atom stereocenters. The van der Waals surface area contributed by atoms with Gasteiger partial charge in [-0.05, 0) is 43.3 Å². The Labute approximate surface area is 141 Å². The molecule has 5 nitrogen and oxygen atoms in total. The molecule has 3 aromatic rings. The zero-order chi connectivity index (χ0) is 16.5. The van der Waals surface area contributed by atoms with Gasteiger partial charge in [-0.15, -0.1) is 0 Å². The Morgan fingerprint density at radius 3 is 2.83 bits per heavy atom. The van der Waals surface area contributed by atoms with Crippen LogP contribution in [-0.4, -0.2) is 28.1 Å². The molecule has 124 valence electrons. The normalized spacial score (nSPS) is 17.7. The number of rotatable bonds is 4. The number of methoxy groups -OCH3 is 1. The van der Waals surface area contributed by atoms with E-state index in [9.17, 15) is 0 Å². The average molecular weight is 323 g/mol. The van der Waals surface area contributed by atoms with Gasteiger partial charge < -0.3 is 13.7 Å². The van der Waals surface area contributed by atoms with Crippen LogP contribution in [0.15, 0.2) is 53.2 Å². The summed E-state index contributed by atoms with van der Waals surface area (Å²) in [5.41, 5.74) is 2.36. The van der Waals surface area contributed by atoms with Crippen LogP contribution in [0.3, 0.4) is 0 Å². The van der Waals surface area contributed by atoms with E-state index in [2.05, 4.69) is 39.7 Å². The number of aromatic nitrogens is 2. The summed E-state index contributed by atoms with van der Waals surface area (Å²) in [5, 5.41) is 0. The fourth-order valence-corrected chi connectivity index (χ4v) is 3.29. The van der Waals surface area contributed by atoms with Crippen LogP contribution in [0, 0.1) is 0 Å². The predicted octanol–water partition coefficient (Wildman–Crippen LogP) is 3.73. The van der Waals surface area contributed by atoms with Crippen LogP contribution in [0.1, 0.15) is 24.6 Å². The molecule has 0 spiro atoms. The highest BCUT2D eigenvalue weighted by Gasteiger charge is 2.24. The zero-order valence-corrected chi connectivity index (χ0v) is 14.0. The molecule has 24 heavy (non-hydrogen) atoms. The molecular weight excluding hydrogens is 302 g/mol. The average Bonchev–Trinajstić information content (AvgIpc) is 3.27. The molecule has 1 aliphatic heterocycles. The van der Waals surface area contributed by atoms with Gasteiger partial charge in [-0.2, -0.15) is 0 Å². The maximum Gasteiger partial charge on any atom is 0.209 e. The third kappa shape index (κ3) is 2.71. The summed E-state index contributed by atoms with van der Waals surface area (Å²) in [7, 11) is 1.66. The molecule has 2 aromatic heterocycles. The van der Waals surface area contributed by atoms with E-state index in [1.54, 1.807) is 13.3 Å². The molecule has 0 saturated carbocycles. The van der Waals surface area contributed by atoms with Crippen LogP contribution in [-0.2, 0) is 13.1 Å². The lowest BCUT2D eigenvalue weighted by molar-refractivity contribution is 0.147. The summed E-state index contributed by atoms with van der Waals surface area (Å²) in [6, 6.07) is 12.5. The Bertz CT molecular complexity index is 819. The van der Waals surface area contributed by atoms with Gasteiger partial charge in [-0.25, -0.2) is 4.98 Å². The lowest BCUT2D eigenvalue weighted by Gasteiger charge is -2.33. The van der Waals surface area contributed by atoms with Gasteiger partial charge in [0, 0.05) is 36.6 Å². The smallest absolute Gasteiger partial charge is 0.209 e. The maximum absolute atomic E-state index is 5.96. The highest BCUT2D eigenvalue weighted by molar-refractivity contribution is 5.57. The second-order valence-electron chi connectivity index (χ2n) is 6.12. The highest BCUT2D eigenvalue weighted by atomic mass is 16.5. The molecule has 0 N–H and O–H groups in total. The summed E-state index contributed by atoms with van der Waals surface area (Å²) >= 11 is 0. The molecule has 0 fully saturated rings. The lowest BCUT2D eigenvalue weighted by atomic mass is 10.1. The first kappa shape index (κ1) is 15.0. The second-order valence-corrected chi connectivity index (χ2v) is 6.12. The van der Waals surface area contributed by atoms with Gasteiger partial charge in [0.1, 0.15) is 5.75 Å². The van der Waals surface area contributed by atoms with Crippen molar-refractivity contribution in [3.8, 4) is 17.1 Å². The summed E-state index contributed by atoms with van der Waals surface area (Å²) < 4.78 is 13.5. The van der Waals surface area contributed by atoms with E-state index in [0.717, 1.165) is 42.6 Å². The van der Waals surface area contributed by atoms with Gasteiger partial charge in [0.25, 0.3) is 0 Å². The van der Waals surface area contributed by atoms with Crippen LogP contribution in [0.4, 0.5) is 0 Å². The molecule has 1 aromatic carbocycles. The number of ether oxygens (including phenoxy) is 1. The van der Waals surface area contributed by atoms with Crippen LogP contribution in [0.2, 0.25) is 0 Å². The van der Waals surface area contributed by atoms with E-state index in [4.69, 9.17) is 9.15 Å². The van der Waals surface area contributed by atoms with Crippen molar-refractivity contribution in [2.75, 3.05) is 13.7 Å². The molecule has 1 atom stereocenters. The molecule has 4 rings (SSSR count). The fraction of sp³-hybridized carbons (Fsp3) is 0.316. The summed E-state index contributed by atoms with van der Waals surface area (Å²) in [4.78, 5) is 6.86. The van der Waals surface area contributed by atoms with Crippen molar-refractivity contribution in [1.82, 2.24) is 14.5 Å². The molecule has 3 heterocycles. The molecular formula is C19H21N3O2. The standard InChI is InChI=1S/C19H21N3O2/c1-14-17-4-3-9-21(17)10-11-22(14)13-19-20-12-18(24-19)15-5-7-16(23-2)8-6-15/h3-9,12,14H,10-11,13H2,1-2H3. The SMILES string of the molecule is COc1ccc(-c2cnc(CN3CCn4cccc4C3C)o2)cc1. The lowest BCUT2D eigenvalue weighted by Crippen LogP contribution is -2.35. The van der Waals surface area contributed by atoms with Crippen molar-refractivity contribution >= 4 is 0 Å². The molecule has 0 radical (unpaired) electrons. The van der Waals surface area contributed by atoms with E-state index in [0.29, 0.717) is 6.04 Å². The van der Waals surface area contributed by atoms with Crippen molar-refractivity contribution in [3.05, 3.63) is 60.4 Å². The van der Waals surface area contributed by atoms with Crippen molar-refractivity contribution in [1.29, 1.82) is 0 Å². The van der Waals surface area contributed by atoms with Crippen molar-refractivity contribution < 1.29 is 9.15 Å². The van der Waals surface area contributed by atoms with Crippen molar-refractivity contribution in [2.24, 2.45) is 0 Å². The Hall–Kier alpha value is -2.53. The van der Waals surface area contributed by atoms with E-state index in [1.807, 2.05) is 24.3 Å². The maximum atomic E-state index is 5.96. The molecule has 0 amide bonds. The third-order valence-corrected chi connectivity index (χ3v) is 4.73. The number of hydrogen-bond donors (Lipinski definition) is 0. The predicted molar refractivity (Wildman–Crippen MR) is 91.7 cm³/mol. The number of benzene rings is 1. The highest BCUT2D eigenvalue weighted by Crippen LogP contribution is 2.28. The Balaban J connectivity index is 1.49. The summed E-state index contributed by atoms with van der Waals surface area (Å²) in [6.45, 7) is 4.97.